The molecule has 19 heteroatoms. The summed E-state index contributed by atoms with van der Waals surface area (Å²) >= 11 is 7.04. The van der Waals surface area contributed by atoms with E-state index >= 15 is 0 Å². The highest BCUT2D eigenvalue weighted by molar-refractivity contribution is 7.10. The van der Waals surface area contributed by atoms with Gasteiger partial charge in [0.25, 0.3) is 11.1 Å². The van der Waals surface area contributed by atoms with Crippen molar-refractivity contribution in [1.29, 1.82) is 0 Å². The number of rotatable bonds is 5. The molecule has 0 aliphatic rings. The lowest BCUT2D eigenvalue weighted by atomic mass is 10.1. The van der Waals surface area contributed by atoms with Crippen molar-refractivity contribution < 1.29 is 31.5 Å². The van der Waals surface area contributed by atoms with Gasteiger partial charge in [0.1, 0.15) is 11.4 Å². The van der Waals surface area contributed by atoms with Gasteiger partial charge in [0.05, 0.1) is 5.56 Å². The first kappa shape index (κ1) is 40.7. The Morgan fingerprint density at radius 2 is 1.24 bits per heavy atom. The summed E-state index contributed by atoms with van der Waals surface area (Å²) in [6.07, 6.45) is 1.88. The smallest absolute Gasteiger partial charge is 0.374 e. The minimum absolute atomic E-state index is 0.00539. The van der Waals surface area contributed by atoms with Crippen LogP contribution in [0.15, 0.2) is 116 Å². The molecule has 276 valence electrons. The molecule has 7 rings (SSSR count). The fraction of sp³-hybridized carbons (Fsp3) is 0.0571. The van der Waals surface area contributed by atoms with E-state index in [-0.39, 0.29) is 33.7 Å². The van der Waals surface area contributed by atoms with Crippen molar-refractivity contribution in [2.45, 2.75) is 13.1 Å². The molecule has 0 spiro atoms. The first-order valence-electron chi connectivity index (χ1n) is 15.1. The Labute approximate surface area is 317 Å². The van der Waals surface area contributed by atoms with E-state index in [2.05, 4.69) is 39.0 Å². The van der Waals surface area contributed by atoms with Gasteiger partial charge in [-0.3, -0.25) is 19.9 Å². The lowest BCUT2D eigenvalue weighted by Gasteiger charge is -2.07. The fourth-order valence-corrected chi connectivity index (χ4v) is 4.91. The lowest BCUT2D eigenvalue weighted by molar-refractivity contribution is -0.137. The number of nitrogens with one attached hydrogen (secondary N) is 1. The number of halogens is 6. The first-order chi connectivity index (χ1) is 25.8. The van der Waals surface area contributed by atoms with E-state index in [1.54, 1.807) is 24.5 Å². The number of carbonyl (C=O) groups excluding carboxylic acids is 2. The molecule has 0 aliphatic carbocycles. The van der Waals surface area contributed by atoms with Crippen LogP contribution in [0.1, 0.15) is 31.8 Å². The van der Waals surface area contributed by atoms with Crippen molar-refractivity contribution in [2.75, 3.05) is 11.1 Å². The minimum atomic E-state index is -4.48. The quantitative estimate of drug-likeness (QED) is 0.127. The van der Waals surface area contributed by atoms with E-state index in [0.29, 0.717) is 10.7 Å². The van der Waals surface area contributed by atoms with Crippen molar-refractivity contribution in [3.8, 4) is 23.0 Å². The van der Waals surface area contributed by atoms with E-state index in [1.807, 2.05) is 37.3 Å². The fourth-order valence-electron chi connectivity index (χ4n) is 3.78. The van der Waals surface area contributed by atoms with Crippen molar-refractivity contribution in [3.05, 3.63) is 150 Å². The monoisotopic (exact) mass is 797 g/mol. The number of aromatic nitrogens is 7. The van der Waals surface area contributed by atoms with Crippen LogP contribution in [0, 0.1) is 18.6 Å². The van der Waals surface area contributed by atoms with Crippen LogP contribution in [0.5, 0.6) is 0 Å². The number of nitrogens with two attached hydrogens (primary N) is 1. The predicted molar refractivity (Wildman–Crippen MR) is 196 cm³/mol. The lowest BCUT2D eigenvalue weighted by Crippen LogP contribution is -2.12. The average molecular weight is 798 g/mol. The molecule has 0 aliphatic heterocycles. The number of carbonyl (C=O) groups is 2. The summed E-state index contributed by atoms with van der Waals surface area (Å²) in [5, 5.41) is 2.38. The van der Waals surface area contributed by atoms with Gasteiger partial charge >= 0.3 is 6.18 Å². The van der Waals surface area contributed by atoms with Crippen LogP contribution in [-0.2, 0) is 6.18 Å². The van der Waals surface area contributed by atoms with Gasteiger partial charge < -0.3 is 5.73 Å². The van der Waals surface area contributed by atoms with Gasteiger partial charge in [0.2, 0.25) is 5.13 Å². The van der Waals surface area contributed by atoms with E-state index in [1.165, 1.54) is 36.7 Å². The number of nitrogen functional groups attached to an aromatic ring is 1. The molecule has 2 aromatic carbocycles. The molecule has 5 heterocycles. The molecular formula is C35H25ClF5N9O2S2. The molecule has 7 aromatic rings. The number of benzene rings is 2. The van der Waals surface area contributed by atoms with Gasteiger partial charge in [0, 0.05) is 59.0 Å². The van der Waals surface area contributed by atoms with E-state index < -0.39 is 34.5 Å². The summed E-state index contributed by atoms with van der Waals surface area (Å²) in [6, 6.07) is 22.0. The second kappa shape index (κ2) is 19.6. The molecule has 0 radical (unpaired) electrons. The Morgan fingerprint density at radius 3 is 1.69 bits per heavy atom. The molecule has 0 saturated carbocycles. The van der Waals surface area contributed by atoms with Crippen LogP contribution in [0.4, 0.5) is 32.2 Å². The maximum absolute atomic E-state index is 13.6. The number of nitrogens with zero attached hydrogens (tertiary/aromatic N) is 7. The van der Waals surface area contributed by atoms with Crippen LogP contribution >= 0.6 is 34.7 Å². The number of anilines is 2. The van der Waals surface area contributed by atoms with Crippen LogP contribution in [-0.4, -0.2) is 44.8 Å². The Bertz CT molecular complexity index is 2230. The number of amides is 1. The Hall–Kier alpha value is -6.11. The standard InChI is InChI=1S/C15H8F4N4OS.C8H7ClO.C7H5FN4S.C5H5N/c16-10-2-1-7-20-11(10)12-21-14(25-23-12)22-13(24)8-3-5-9(6-4-8)15(17,18)19;1-6-2-4-7(5-3-6)8(9)10;8-4-2-1-3-10-5(4)6-11-7(9)13-12-6;1-2-4-6-5-3-1/h1-7H,(H,21,22,23,24);2-5H,1H3;1-3H,(H2,9,11,12);1-5H. The normalized spacial score (nSPS) is 10.4. The van der Waals surface area contributed by atoms with Gasteiger partial charge in [-0.25, -0.2) is 18.7 Å². The van der Waals surface area contributed by atoms with Gasteiger partial charge in [-0.2, -0.15) is 31.9 Å². The largest absolute Gasteiger partial charge is 0.416 e. The highest BCUT2D eigenvalue weighted by Crippen LogP contribution is 2.29. The molecule has 0 unspecified atom stereocenters. The molecular weight excluding hydrogens is 773 g/mol. The van der Waals surface area contributed by atoms with Crippen molar-refractivity contribution in [3.63, 3.8) is 0 Å². The third-order valence-electron chi connectivity index (χ3n) is 6.35. The number of pyridine rings is 3. The molecule has 11 nitrogen and oxygen atoms in total. The van der Waals surface area contributed by atoms with Crippen molar-refractivity contribution >= 4 is 56.1 Å². The van der Waals surface area contributed by atoms with Crippen LogP contribution in [0.3, 0.4) is 0 Å². The summed E-state index contributed by atoms with van der Waals surface area (Å²) in [6.45, 7) is 1.96. The second-order valence-corrected chi connectivity index (χ2v) is 12.1. The molecule has 54 heavy (non-hydrogen) atoms. The van der Waals surface area contributed by atoms with Crippen LogP contribution in [0.2, 0.25) is 0 Å². The molecule has 0 bridgehead atoms. The summed E-state index contributed by atoms with van der Waals surface area (Å²) in [5.41, 5.74) is 6.28. The molecule has 0 fully saturated rings. The zero-order chi connectivity index (χ0) is 39.1. The summed E-state index contributed by atoms with van der Waals surface area (Å²) < 4.78 is 72.0. The zero-order valence-electron chi connectivity index (χ0n) is 27.6. The zero-order valence-corrected chi connectivity index (χ0v) is 30.0. The second-order valence-electron chi connectivity index (χ2n) is 10.2. The summed E-state index contributed by atoms with van der Waals surface area (Å²) in [7, 11) is 0. The van der Waals surface area contributed by atoms with Gasteiger partial charge in [-0.15, -0.1) is 0 Å². The third-order valence-corrected chi connectivity index (χ3v) is 7.74. The van der Waals surface area contributed by atoms with Crippen molar-refractivity contribution in [1.82, 2.24) is 33.7 Å². The van der Waals surface area contributed by atoms with Gasteiger partial charge in [-0.05, 0) is 91.3 Å². The van der Waals surface area contributed by atoms with E-state index in [4.69, 9.17) is 17.3 Å². The molecule has 3 N–H and O–H groups in total. The summed E-state index contributed by atoms with van der Waals surface area (Å²) in [4.78, 5) is 41.8. The number of alkyl halides is 3. The molecule has 1 amide bonds. The number of aryl methyl sites for hydroxylation is 1. The number of hydrogen-bond acceptors (Lipinski definition) is 12. The molecule has 5 aromatic heterocycles. The maximum Gasteiger partial charge on any atom is 0.416 e. The third kappa shape index (κ3) is 12.5. The minimum Gasteiger partial charge on any atom is -0.374 e. The topological polar surface area (TPSA) is 162 Å². The van der Waals surface area contributed by atoms with Crippen LogP contribution < -0.4 is 11.1 Å². The maximum atomic E-state index is 13.6. The SMILES string of the molecule is Cc1ccc(C(=O)Cl)cc1.Nc1nc(-c2ncccc2F)ns1.O=C(Nc1nc(-c2ncccc2F)ns1)c1ccc(C(F)(F)F)cc1.c1ccncc1. The van der Waals surface area contributed by atoms with Crippen LogP contribution in [0.25, 0.3) is 23.0 Å². The Kier molecular flexibility index (Phi) is 14.8. The highest BCUT2D eigenvalue weighted by atomic mass is 35.5. The van der Waals surface area contributed by atoms with Crippen molar-refractivity contribution in [2.24, 2.45) is 0 Å². The highest BCUT2D eigenvalue weighted by Gasteiger charge is 2.30. The predicted octanol–water partition coefficient (Wildman–Crippen LogP) is 8.79. The van der Waals surface area contributed by atoms with Gasteiger partial charge in [0.15, 0.2) is 28.4 Å². The molecule has 0 atom stereocenters. The first-order valence-corrected chi connectivity index (χ1v) is 17.0. The average Bonchev–Trinajstić information content (AvgIpc) is 3.82. The Balaban J connectivity index is 0.000000185. The number of hydrogen-bond donors (Lipinski definition) is 2. The molecule has 0 saturated heterocycles. The van der Waals surface area contributed by atoms with E-state index in [9.17, 15) is 31.5 Å². The van der Waals surface area contributed by atoms with Gasteiger partial charge in [-0.1, -0.05) is 23.8 Å². The van der Waals surface area contributed by atoms with E-state index in [0.717, 1.165) is 52.9 Å². The Morgan fingerprint density at radius 1 is 0.704 bits per heavy atom. The summed E-state index contributed by atoms with van der Waals surface area (Å²) in [5.74, 6) is -1.47.